The van der Waals surface area contributed by atoms with Gasteiger partial charge < -0.3 is 4.42 Å². The Labute approximate surface area is 165 Å². The minimum absolute atomic E-state index is 0.101. The Bertz CT molecular complexity index is 892. The molecule has 6 nitrogen and oxygen atoms in total. The lowest BCUT2D eigenvalue weighted by Crippen LogP contribution is -2.43. The van der Waals surface area contributed by atoms with Crippen LogP contribution in [-0.4, -0.2) is 28.3 Å². The molecule has 140 valence electrons. The van der Waals surface area contributed by atoms with Crippen molar-refractivity contribution in [3.8, 4) is 0 Å². The van der Waals surface area contributed by atoms with Crippen molar-refractivity contribution in [1.29, 1.82) is 0 Å². The Kier molecular flexibility index (Phi) is 6.78. The Morgan fingerprint density at radius 1 is 1.00 bits per heavy atom. The number of aromatic nitrogens is 1. The lowest BCUT2D eigenvalue weighted by molar-refractivity contribution is -0.126. The van der Waals surface area contributed by atoms with Gasteiger partial charge in [-0.2, -0.15) is 0 Å². The highest BCUT2D eigenvalue weighted by Crippen LogP contribution is 2.22. The van der Waals surface area contributed by atoms with Crippen molar-refractivity contribution in [1.82, 2.24) is 15.8 Å². The number of rotatable bonds is 7. The molecule has 27 heavy (non-hydrogen) atoms. The summed E-state index contributed by atoms with van der Waals surface area (Å²) in [5.41, 5.74) is 8.62. The Morgan fingerprint density at radius 3 is 2.44 bits per heavy atom. The molecule has 0 aliphatic rings. The van der Waals surface area contributed by atoms with E-state index in [1.807, 2.05) is 55.5 Å². The predicted octanol–water partition coefficient (Wildman–Crippen LogP) is 3.31. The first-order valence-corrected chi connectivity index (χ1v) is 10.4. The normalized spacial score (nSPS) is 10.7. The van der Waals surface area contributed by atoms with E-state index in [4.69, 9.17) is 4.42 Å². The van der Waals surface area contributed by atoms with Crippen molar-refractivity contribution in [2.45, 2.75) is 17.9 Å². The van der Waals surface area contributed by atoms with Gasteiger partial charge in [0, 0.05) is 5.75 Å². The van der Waals surface area contributed by atoms with E-state index in [2.05, 4.69) is 15.8 Å². The molecule has 2 N–H and O–H groups in total. The van der Waals surface area contributed by atoms with Gasteiger partial charge in [0.1, 0.15) is 5.52 Å². The first-order valence-electron chi connectivity index (χ1n) is 8.29. The number of hydrogen-bond donors (Lipinski definition) is 2. The molecule has 0 unspecified atom stereocenters. The van der Waals surface area contributed by atoms with Crippen molar-refractivity contribution in [2.24, 2.45) is 0 Å². The quantitative estimate of drug-likeness (QED) is 0.467. The molecule has 0 atom stereocenters. The number of nitrogens with one attached hydrogen (secondary N) is 2. The van der Waals surface area contributed by atoms with E-state index in [1.165, 1.54) is 29.1 Å². The molecule has 0 aliphatic heterocycles. The standard InChI is InChI=1S/C19H19N3O3S2/c1-13-6-8-14(9-7-13)10-26-11-17(23)21-22-18(24)12-27-19-20-15-4-2-3-5-16(15)25-19/h2-9H,10-12H2,1H3,(H,21,23)(H,22,24). The van der Waals surface area contributed by atoms with Crippen LogP contribution in [0.5, 0.6) is 0 Å². The van der Waals surface area contributed by atoms with Gasteiger partial charge in [-0.05, 0) is 24.6 Å². The predicted molar refractivity (Wildman–Crippen MR) is 108 cm³/mol. The van der Waals surface area contributed by atoms with Gasteiger partial charge in [-0.15, -0.1) is 11.8 Å². The van der Waals surface area contributed by atoms with Crippen LogP contribution in [0.25, 0.3) is 11.1 Å². The Morgan fingerprint density at radius 2 is 1.70 bits per heavy atom. The number of nitrogens with zero attached hydrogens (tertiary/aromatic N) is 1. The molecule has 0 saturated heterocycles. The maximum atomic E-state index is 11.8. The highest BCUT2D eigenvalue weighted by atomic mass is 32.2. The zero-order chi connectivity index (χ0) is 19.1. The van der Waals surface area contributed by atoms with Gasteiger partial charge in [0.2, 0.25) is 11.8 Å². The van der Waals surface area contributed by atoms with E-state index in [9.17, 15) is 9.59 Å². The van der Waals surface area contributed by atoms with Gasteiger partial charge in [-0.25, -0.2) is 4.98 Å². The number of hydrazine groups is 1. The number of oxazole rings is 1. The number of hydrogen-bond acceptors (Lipinski definition) is 6. The third kappa shape index (κ3) is 6.04. The van der Waals surface area contributed by atoms with Gasteiger partial charge in [0.05, 0.1) is 11.5 Å². The zero-order valence-electron chi connectivity index (χ0n) is 14.7. The van der Waals surface area contributed by atoms with E-state index in [0.29, 0.717) is 10.8 Å². The second-order valence-electron chi connectivity index (χ2n) is 5.81. The summed E-state index contributed by atoms with van der Waals surface area (Å²) in [5.74, 6) is 0.553. The average Bonchev–Trinajstić information content (AvgIpc) is 3.09. The third-order valence-corrected chi connectivity index (χ3v) is 5.40. The fraction of sp³-hybridized carbons (Fsp3) is 0.211. The Balaban J connectivity index is 1.33. The summed E-state index contributed by atoms with van der Waals surface area (Å²) >= 11 is 2.67. The molecule has 2 aromatic carbocycles. The molecule has 0 bridgehead atoms. The second-order valence-corrected chi connectivity index (χ2v) is 7.72. The van der Waals surface area contributed by atoms with Gasteiger partial charge in [-0.3, -0.25) is 20.4 Å². The molecule has 1 heterocycles. The molecule has 0 radical (unpaired) electrons. The van der Waals surface area contributed by atoms with Crippen molar-refractivity contribution in [2.75, 3.05) is 11.5 Å². The highest BCUT2D eigenvalue weighted by molar-refractivity contribution is 7.99. The molecule has 0 spiro atoms. The van der Waals surface area contributed by atoms with Gasteiger partial charge >= 0.3 is 0 Å². The van der Waals surface area contributed by atoms with Crippen LogP contribution in [0, 0.1) is 6.92 Å². The zero-order valence-corrected chi connectivity index (χ0v) is 16.4. The van der Waals surface area contributed by atoms with Crippen LogP contribution in [0.2, 0.25) is 0 Å². The number of fused-ring (bicyclic) bond motifs is 1. The van der Waals surface area contributed by atoms with Crippen molar-refractivity contribution < 1.29 is 14.0 Å². The van der Waals surface area contributed by atoms with Crippen LogP contribution < -0.4 is 10.9 Å². The summed E-state index contributed by atoms with van der Waals surface area (Å²) < 4.78 is 5.53. The number of carbonyl (C=O) groups is 2. The third-order valence-electron chi connectivity index (χ3n) is 3.56. The lowest BCUT2D eigenvalue weighted by Gasteiger charge is -2.06. The van der Waals surface area contributed by atoms with Crippen molar-refractivity contribution in [3.63, 3.8) is 0 Å². The SMILES string of the molecule is Cc1ccc(CSCC(=O)NNC(=O)CSc2nc3ccccc3o2)cc1. The van der Waals surface area contributed by atoms with Gasteiger partial charge in [0.25, 0.3) is 5.22 Å². The summed E-state index contributed by atoms with van der Waals surface area (Å²) in [6, 6.07) is 15.6. The number of benzene rings is 2. The van der Waals surface area contributed by atoms with Crippen LogP contribution in [-0.2, 0) is 15.3 Å². The summed E-state index contributed by atoms with van der Waals surface area (Å²) in [4.78, 5) is 27.9. The number of thioether (sulfide) groups is 2. The van der Waals surface area contributed by atoms with Crippen LogP contribution in [0.4, 0.5) is 0 Å². The van der Waals surface area contributed by atoms with Crippen LogP contribution in [0.1, 0.15) is 11.1 Å². The fourth-order valence-electron chi connectivity index (χ4n) is 2.20. The minimum atomic E-state index is -0.320. The topological polar surface area (TPSA) is 84.2 Å². The molecule has 0 aliphatic carbocycles. The Hall–Kier alpha value is -2.45. The maximum Gasteiger partial charge on any atom is 0.257 e. The summed E-state index contributed by atoms with van der Waals surface area (Å²) in [5, 5.41) is 0.423. The van der Waals surface area contributed by atoms with Crippen LogP contribution in [0.3, 0.4) is 0 Å². The molecule has 0 fully saturated rings. The van der Waals surface area contributed by atoms with Crippen LogP contribution >= 0.6 is 23.5 Å². The molecule has 2 amide bonds. The second kappa shape index (κ2) is 9.48. The minimum Gasteiger partial charge on any atom is -0.431 e. The molecule has 1 aromatic heterocycles. The summed E-state index contributed by atoms with van der Waals surface area (Å²) in [6.45, 7) is 2.04. The first-order chi connectivity index (χ1) is 13.1. The van der Waals surface area contributed by atoms with Crippen molar-refractivity contribution >= 4 is 46.4 Å². The summed E-state index contributed by atoms with van der Waals surface area (Å²) in [6.07, 6.45) is 0. The molecular weight excluding hydrogens is 382 g/mol. The fourth-order valence-corrected chi connectivity index (χ4v) is 3.62. The summed E-state index contributed by atoms with van der Waals surface area (Å²) in [7, 11) is 0. The van der Waals surface area contributed by atoms with Gasteiger partial charge in [-0.1, -0.05) is 53.7 Å². The molecule has 8 heteroatoms. The number of para-hydroxylation sites is 2. The van der Waals surface area contributed by atoms with E-state index in [1.54, 1.807) is 0 Å². The highest BCUT2D eigenvalue weighted by Gasteiger charge is 2.10. The van der Waals surface area contributed by atoms with Crippen LogP contribution in [0.15, 0.2) is 58.2 Å². The van der Waals surface area contributed by atoms with Crippen molar-refractivity contribution in [3.05, 3.63) is 59.7 Å². The maximum absolute atomic E-state index is 11.8. The lowest BCUT2D eigenvalue weighted by atomic mass is 10.2. The number of carbonyl (C=O) groups excluding carboxylic acids is 2. The largest absolute Gasteiger partial charge is 0.431 e. The number of aryl methyl sites for hydroxylation is 1. The van der Waals surface area contributed by atoms with Gasteiger partial charge in [0.15, 0.2) is 5.58 Å². The van der Waals surface area contributed by atoms with E-state index >= 15 is 0 Å². The molecule has 3 aromatic rings. The molecule has 3 rings (SSSR count). The monoisotopic (exact) mass is 401 g/mol. The first kappa shape index (κ1) is 19.3. The van der Waals surface area contributed by atoms with E-state index in [-0.39, 0.29) is 23.3 Å². The molecular formula is C19H19N3O3S2. The molecule has 0 saturated carbocycles. The van der Waals surface area contributed by atoms with E-state index in [0.717, 1.165) is 16.8 Å². The van der Waals surface area contributed by atoms with E-state index < -0.39 is 0 Å². The number of amides is 2. The smallest absolute Gasteiger partial charge is 0.257 e. The average molecular weight is 402 g/mol.